The van der Waals surface area contributed by atoms with Gasteiger partial charge in [-0.05, 0) is 12.1 Å². The van der Waals surface area contributed by atoms with Crippen LogP contribution in [0.2, 0.25) is 0 Å². The molecule has 0 bridgehead atoms. The van der Waals surface area contributed by atoms with E-state index in [9.17, 15) is 9.90 Å². The molecule has 80 valence electrons. The maximum Gasteiger partial charge on any atom is 0.153 e. The molecule has 0 aliphatic carbocycles. The summed E-state index contributed by atoms with van der Waals surface area (Å²) in [4.78, 5) is 14.6. The predicted molar refractivity (Wildman–Crippen MR) is 61.1 cm³/mol. The highest BCUT2D eigenvalue weighted by molar-refractivity contribution is 5.85. The molecule has 0 atom stereocenters. The van der Waals surface area contributed by atoms with Gasteiger partial charge < -0.3 is 10.8 Å². The van der Waals surface area contributed by atoms with Crippen LogP contribution in [0.5, 0.6) is 5.75 Å². The van der Waals surface area contributed by atoms with Crippen LogP contribution in [0, 0.1) is 0 Å². The second-order valence-electron chi connectivity index (χ2n) is 3.33. The number of nitrogens with zero attached hydrogens (tertiary/aromatic N) is 1. The fourth-order valence-corrected chi connectivity index (χ4v) is 1.45. The van der Waals surface area contributed by atoms with Crippen LogP contribution < -0.4 is 5.73 Å². The Morgan fingerprint density at radius 2 is 2.06 bits per heavy atom. The molecule has 2 rings (SSSR count). The number of anilines is 1. The Morgan fingerprint density at radius 1 is 1.31 bits per heavy atom. The fourth-order valence-electron chi connectivity index (χ4n) is 1.45. The first-order valence-electron chi connectivity index (χ1n) is 4.71. The van der Waals surface area contributed by atoms with Crippen molar-refractivity contribution in [3.63, 3.8) is 0 Å². The first-order chi connectivity index (χ1) is 7.72. The third kappa shape index (κ3) is 1.72. The number of carbonyl (C=O) groups is 1. The molecule has 0 saturated heterocycles. The van der Waals surface area contributed by atoms with E-state index in [4.69, 9.17) is 5.73 Å². The van der Waals surface area contributed by atoms with Crippen molar-refractivity contribution in [1.82, 2.24) is 4.98 Å². The lowest BCUT2D eigenvalue weighted by atomic mass is 10.1. The summed E-state index contributed by atoms with van der Waals surface area (Å²) in [6.07, 6.45) is 2.17. The summed E-state index contributed by atoms with van der Waals surface area (Å²) >= 11 is 0. The van der Waals surface area contributed by atoms with Crippen molar-refractivity contribution in [2.75, 3.05) is 5.73 Å². The van der Waals surface area contributed by atoms with Crippen molar-refractivity contribution in [1.29, 1.82) is 0 Å². The molecule has 1 aromatic heterocycles. The van der Waals surface area contributed by atoms with Gasteiger partial charge in [0.2, 0.25) is 0 Å². The Bertz CT molecular complexity index is 538. The van der Waals surface area contributed by atoms with Crippen LogP contribution in [-0.4, -0.2) is 16.4 Å². The topological polar surface area (TPSA) is 76.2 Å². The van der Waals surface area contributed by atoms with E-state index in [2.05, 4.69) is 4.98 Å². The molecular formula is C12H10N2O2. The lowest BCUT2D eigenvalue weighted by Gasteiger charge is -2.05. The molecule has 0 aliphatic heterocycles. The van der Waals surface area contributed by atoms with Gasteiger partial charge in [-0.25, -0.2) is 4.98 Å². The number of para-hydroxylation sites is 1. The molecule has 1 aromatic carbocycles. The number of benzene rings is 1. The number of phenolic OH excluding ortho intramolecular Hbond substituents is 1. The van der Waals surface area contributed by atoms with E-state index in [-0.39, 0.29) is 11.6 Å². The van der Waals surface area contributed by atoms with Gasteiger partial charge in [0.15, 0.2) is 6.29 Å². The number of aldehydes is 1. The Hall–Kier alpha value is -2.36. The zero-order valence-electron chi connectivity index (χ0n) is 8.42. The smallest absolute Gasteiger partial charge is 0.153 e. The summed E-state index contributed by atoms with van der Waals surface area (Å²) in [5.41, 5.74) is 7.12. The number of hydrogen-bond donors (Lipinski definition) is 2. The van der Waals surface area contributed by atoms with Gasteiger partial charge in [0.05, 0.1) is 5.56 Å². The molecule has 0 spiro atoms. The van der Waals surface area contributed by atoms with E-state index in [1.54, 1.807) is 30.3 Å². The third-order valence-electron chi connectivity index (χ3n) is 2.29. The highest BCUT2D eigenvalue weighted by Gasteiger charge is 2.06. The summed E-state index contributed by atoms with van der Waals surface area (Å²) in [7, 11) is 0. The average Bonchev–Trinajstić information content (AvgIpc) is 2.31. The van der Waals surface area contributed by atoms with Crippen LogP contribution in [0.15, 0.2) is 36.5 Å². The number of phenols is 1. The van der Waals surface area contributed by atoms with Gasteiger partial charge >= 0.3 is 0 Å². The minimum Gasteiger partial charge on any atom is -0.507 e. The quantitative estimate of drug-likeness (QED) is 0.748. The average molecular weight is 214 g/mol. The van der Waals surface area contributed by atoms with Crippen LogP contribution in [0.3, 0.4) is 0 Å². The van der Waals surface area contributed by atoms with Gasteiger partial charge in [-0.1, -0.05) is 18.2 Å². The standard InChI is InChI=1S/C12H10N2O2/c13-12-9(7-15)5-8(6-14-12)10-3-1-2-4-11(10)16/h1-7,16H,(H2,13,14). The lowest BCUT2D eigenvalue weighted by molar-refractivity contribution is 0.112. The number of rotatable bonds is 2. The molecule has 0 amide bonds. The van der Waals surface area contributed by atoms with Gasteiger partial charge in [-0.2, -0.15) is 0 Å². The molecule has 0 saturated carbocycles. The molecule has 0 unspecified atom stereocenters. The van der Waals surface area contributed by atoms with E-state index in [1.165, 1.54) is 6.20 Å². The minimum absolute atomic E-state index is 0.144. The van der Waals surface area contributed by atoms with Crippen LogP contribution in [0.25, 0.3) is 11.1 Å². The first kappa shape index (κ1) is 10.2. The number of carbonyl (C=O) groups excluding carboxylic acids is 1. The van der Waals surface area contributed by atoms with Gasteiger partial charge in [0.1, 0.15) is 11.6 Å². The number of aromatic hydroxyl groups is 1. The highest BCUT2D eigenvalue weighted by Crippen LogP contribution is 2.29. The van der Waals surface area contributed by atoms with Crippen molar-refractivity contribution in [2.24, 2.45) is 0 Å². The number of pyridine rings is 1. The Labute approximate surface area is 92.4 Å². The lowest BCUT2D eigenvalue weighted by Crippen LogP contribution is -1.96. The first-order valence-corrected chi connectivity index (χ1v) is 4.71. The normalized spacial score (nSPS) is 10.0. The Balaban J connectivity index is 2.57. The molecule has 4 nitrogen and oxygen atoms in total. The Morgan fingerprint density at radius 3 is 2.75 bits per heavy atom. The number of nitrogens with two attached hydrogens (primary N) is 1. The zero-order valence-corrected chi connectivity index (χ0v) is 8.42. The van der Waals surface area contributed by atoms with Gasteiger partial charge in [-0.3, -0.25) is 4.79 Å². The van der Waals surface area contributed by atoms with E-state index in [0.29, 0.717) is 23.0 Å². The molecule has 0 radical (unpaired) electrons. The van der Waals surface area contributed by atoms with Gasteiger partial charge in [-0.15, -0.1) is 0 Å². The maximum atomic E-state index is 10.7. The molecule has 1 heterocycles. The van der Waals surface area contributed by atoms with E-state index in [0.717, 1.165) is 0 Å². The molecule has 0 fully saturated rings. The predicted octanol–water partition coefficient (Wildman–Crippen LogP) is 1.85. The summed E-state index contributed by atoms with van der Waals surface area (Å²) < 4.78 is 0. The van der Waals surface area contributed by atoms with Crippen LogP contribution >= 0.6 is 0 Å². The van der Waals surface area contributed by atoms with Crippen LogP contribution in [0.4, 0.5) is 5.82 Å². The Kier molecular flexibility index (Phi) is 2.55. The second kappa shape index (κ2) is 4.02. The summed E-state index contributed by atoms with van der Waals surface area (Å²) in [6.45, 7) is 0. The van der Waals surface area contributed by atoms with Crippen LogP contribution in [-0.2, 0) is 0 Å². The van der Waals surface area contributed by atoms with Gasteiger partial charge in [0, 0.05) is 17.3 Å². The largest absolute Gasteiger partial charge is 0.507 e. The molecular weight excluding hydrogens is 204 g/mol. The molecule has 0 aliphatic rings. The van der Waals surface area contributed by atoms with E-state index >= 15 is 0 Å². The highest BCUT2D eigenvalue weighted by atomic mass is 16.3. The summed E-state index contributed by atoms with van der Waals surface area (Å²) in [5.74, 6) is 0.333. The maximum absolute atomic E-state index is 10.7. The minimum atomic E-state index is 0.144. The fraction of sp³-hybridized carbons (Fsp3) is 0. The molecule has 16 heavy (non-hydrogen) atoms. The molecule has 3 N–H and O–H groups in total. The SMILES string of the molecule is Nc1ncc(-c2ccccc2O)cc1C=O. The summed E-state index contributed by atoms with van der Waals surface area (Å²) in [5, 5.41) is 9.65. The van der Waals surface area contributed by atoms with Crippen molar-refractivity contribution in [2.45, 2.75) is 0 Å². The third-order valence-corrected chi connectivity index (χ3v) is 2.29. The van der Waals surface area contributed by atoms with E-state index < -0.39 is 0 Å². The number of nitrogen functional groups attached to an aromatic ring is 1. The number of hydrogen-bond acceptors (Lipinski definition) is 4. The molecule has 4 heteroatoms. The zero-order chi connectivity index (χ0) is 11.5. The van der Waals surface area contributed by atoms with Gasteiger partial charge in [0.25, 0.3) is 0 Å². The second-order valence-corrected chi connectivity index (χ2v) is 3.33. The van der Waals surface area contributed by atoms with Crippen molar-refractivity contribution in [3.8, 4) is 16.9 Å². The number of aromatic nitrogens is 1. The van der Waals surface area contributed by atoms with Crippen molar-refractivity contribution < 1.29 is 9.90 Å². The molecule has 2 aromatic rings. The van der Waals surface area contributed by atoms with E-state index in [1.807, 2.05) is 0 Å². The van der Waals surface area contributed by atoms with Crippen molar-refractivity contribution >= 4 is 12.1 Å². The summed E-state index contributed by atoms with van der Waals surface area (Å²) in [6, 6.07) is 8.45. The van der Waals surface area contributed by atoms with Crippen LogP contribution in [0.1, 0.15) is 10.4 Å². The monoisotopic (exact) mass is 214 g/mol. The van der Waals surface area contributed by atoms with Crippen molar-refractivity contribution in [3.05, 3.63) is 42.1 Å².